The number of rotatable bonds is 4. The number of carbonyl (C=O) groups excluding carboxylic acids is 1. The maximum absolute atomic E-state index is 13.2. The number of hydrogen-bond acceptors (Lipinski definition) is 4. The maximum Gasteiger partial charge on any atom is 0.233 e. The molecule has 2 fully saturated rings. The Kier molecular flexibility index (Phi) is 3.63. The van der Waals surface area contributed by atoms with Crippen molar-refractivity contribution in [1.29, 1.82) is 0 Å². The van der Waals surface area contributed by atoms with Gasteiger partial charge in [0.25, 0.3) is 0 Å². The van der Waals surface area contributed by atoms with Crippen molar-refractivity contribution in [3.05, 3.63) is 60.3 Å². The average molecular weight is 398 g/mol. The van der Waals surface area contributed by atoms with E-state index in [1.165, 1.54) is 0 Å². The van der Waals surface area contributed by atoms with E-state index in [1.54, 1.807) is 11.0 Å². The first-order valence-corrected chi connectivity index (χ1v) is 10.3. The highest BCUT2D eigenvalue weighted by molar-refractivity contribution is 6.04. The summed E-state index contributed by atoms with van der Waals surface area (Å²) in [6, 6.07) is 10.2. The second kappa shape index (κ2) is 6.26. The van der Waals surface area contributed by atoms with Gasteiger partial charge in [-0.05, 0) is 55.5 Å². The third kappa shape index (κ3) is 2.58. The Morgan fingerprint density at radius 1 is 1.17 bits per heavy atom. The molecule has 7 heteroatoms. The quantitative estimate of drug-likeness (QED) is 0.531. The number of aromatic amines is 1. The van der Waals surface area contributed by atoms with Gasteiger partial charge >= 0.3 is 0 Å². The topological polar surface area (TPSA) is 79.7 Å². The monoisotopic (exact) mass is 398 g/mol. The summed E-state index contributed by atoms with van der Waals surface area (Å²) in [4.78, 5) is 27.4. The Morgan fingerprint density at radius 2 is 2.03 bits per heavy atom. The van der Waals surface area contributed by atoms with Gasteiger partial charge in [-0.25, -0.2) is 4.98 Å². The molecule has 2 atom stereocenters. The number of nitrogens with one attached hydrogen (secondary N) is 1. The number of aryl methyl sites for hydroxylation is 2. The SMILES string of the molecule is Cc1nc(-c2cnn(C)c2)ccc1C1C(C2CC2)C(=O)N1c1ccc2[nH]cnc2c1. The lowest BCUT2D eigenvalue weighted by atomic mass is 9.78. The van der Waals surface area contributed by atoms with Crippen molar-refractivity contribution in [3.8, 4) is 11.3 Å². The molecule has 6 rings (SSSR count). The number of nitrogens with zero attached hydrogens (tertiary/aromatic N) is 5. The van der Waals surface area contributed by atoms with E-state index < -0.39 is 0 Å². The zero-order valence-corrected chi connectivity index (χ0v) is 16.9. The minimum atomic E-state index is 0.0249. The van der Waals surface area contributed by atoms with Crippen LogP contribution in [0.15, 0.2) is 49.1 Å². The van der Waals surface area contributed by atoms with E-state index in [9.17, 15) is 4.79 Å². The minimum Gasteiger partial charge on any atom is -0.345 e. The predicted octanol–water partition coefficient (Wildman–Crippen LogP) is 3.78. The summed E-state index contributed by atoms with van der Waals surface area (Å²) in [6.07, 6.45) is 7.75. The van der Waals surface area contributed by atoms with Crippen LogP contribution < -0.4 is 4.90 Å². The van der Waals surface area contributed by atoms with Gasteiger partial charge in [-0.2, -0.15) is 5.10 Å². The highest BCUT2D eigenvalue weighted by Crippen LogP contribution is 2.54. The van der Waals surface area contributed by atoms with E-state index in [1.807, 2.05) is 55.5 Å². The largest absolute Gasteiger partial charge is 0.345 e. The Morgan fingerprint density at radius 3 is 2.77 bits per heavy atom. The smallest absolute Gasteiger partial charge is 0.233 e. The van der Waals surface area contributed by atoms with Crippen LogP contribution in [-0.2, 0) is 11.8 Å². The minimum absolute atomic E-state index is 0.0249. The average Bonchev–Trinajstić information content (AvgIpc) is 3.26. The molecule has 4 heterocycles. The number of hydrogen-bond donors (Lipinski definition) is 1. The lowest BCUT2D eigenvalue weighted by Crippen LogP contribution is -2.56. The first-order chi connectivity index (χ1) is 14.6. The van der Waals surface area contributed by atoms with Crippen LogP contribution >= 0.6 is 0 Å². The van der Waals surface area contributed by atoms with Crippen molar-refractivity contribution in [2.45, 2.75) is 25.8 Å². The molecular formula is C23H22N6O. The second-order valence-corrected chi connectivity index (χ2v) is 8.39. The molecule has 2 aliphatic rings. The molecule has 3 aromatic heterocycles. The molecule has 1 N–H and O–H groups in total. The van der Waals surface area contributed by atoms with Crippen molar-refractivity contribution in [2.24, 2.45) is 18.9 Å². The Balaban J connectivity index is 1.41. The highest BCUT2D eigenvalue weighted by Gasteiger charge is 2.55. The molecule has 0 spiro atoms. The summed E-state index contributed by atoms with van der Waals surface area (Å²) in [7, 11) is 1.90. The lowest BCUT2D eigenvalue weighted by Gasteiger charge is -2.48. The number of amides is 1. The standard InChI is InChI=1S/C23H22N6O/c1-13-17(6-8-18(27-13)15-10-26-28(2)11-15)22-21(14-3-4-14)23(30)29(22)16-5-7-19-20(9-16)25-12-24-19/h5-12,14,21-22H,3-4H2,1-2H3,(H,24,25). The van der Waals surface area contributed by atoms with E-state index >= 15 is 0 Å². The van der Waals surface area contributed by atoms with E-state index in [0.717, 1.165) is 52.1 Å². The molecule has 7 nitrogen and oxygen atoms in total. The summed E-state index contributed by atoms with van der Waals surface area (Å²) < 4.78 is 1.78. The molecule has 2 unspecified atom stereocenters. The summed E-state index contributed by atoms with van der Waals surface area (Å²) >= 11 is 0. The Bertz CT molecular complexity index is 1280. The maximum atomic E-state index is 13.2. The Hall–Kier alpha value is -3.48. The molecular weight excluding hydrogens is 376 g/mol. The van der Waals surface area contributed by atoms with Gasteiger partial charge in [0, 0.05) is 30.2 Å². The van der Waals surface area contributed by atoms with Gasteiger partial charge in [0.15, 0.2) is 0 Å². The molecule has 1 aliphatic carbocycles. The molecule has 1 aromatic carbocycles. The van der Waals surface area contributed by atoms with Crippen molar-refractivity contribution >= 4 is 22.6 Å². The number of anilines is 1. The fourth-order valence-corrected chi connectivity index (χ4v) is 4.72. The molecule has 1 amide bonds. The molecule has 0 radical (unpaired) electrons. The fourth-order valence-electron chi connectivity index (χ4n) is 4.72. The van der Waals surface area contributed by atoms with E-state index in [4.69, 9.17) is 4.98 Å². The van der Waals surface area contributed by atoms with Crippen LogP contribution in [0.5, 0.6) is 0 Å². The number of pyridine rings is 1. The number of aromatic nitrogens is 5. The summed E-state index contributed by atoms with van der Waals surface area (Å²) in [5.74, 6) is 0.753. The molecule has 4 aromatic rings. The van der Waals surface area contributed by atoms with Gasteiger partial charge in [-0.1, -0.05) is 6.07 Å². The normalized spacial score (nSPS) is 21.3. The van der Waals surface area contributed by atoms with Crippen LogP contribution in [0.3, 0.4) is 0 Å². The lowest BCUT2D eigenvalue weighted by molar-refractivity contribution is -0.131. The van der Waals surface area contributed by atoms with Crippen LogP contribution in [0.2, 0.25) is 0 Å². The molecule has 150 valence electrons. The number of imidazole rings is 1. The van der Waals surface area contributed by atoms with E-state index in [-0.39, 0.29) is 17.9 Å². The Labute approximate surface area is 173 Å². The van der Waals surface area contributed by atoms with Gasteiger partial charge in [-0.3, -0.25) is 14.5 Å². The van der Waals surface area contributed by atoms with Crippen molar-refractivity contribution < 1.29 is 4.79 Å². The summed E-state index contributed by atoms with van der Waals surface area (Å²) in [6.45, 7) is 2.04. The molecule has 1 saturated carbocycles. The fraction of sp³-hybridized carbons (Fsp3) is 0.304. The van der Waals surface area contributed by atoms with Crippen molar-refractivity contribution in [3.63, 3.8) is 0 Å². The van der Waals surface area contributed by atoms with E-state index in [0.29, 0.717) is 5.92 Å². The summed E-state index contributed by atoms with van der Waals surface area (Å²) in [5.41, 5.74) is 6.74. The third-order valence-electron chi connectivity index (χ3n) is 6.40. The van der Waals surface area contributed by atoms with Crippen molar-refractivity contribution in [2.75, 3.05) is 4.90 Å². The predicted molar refractivity (Wildman–Crippen MR) is 114 cm³/mol. The second-order valence-electron chi connectivity index (χ2n) is 8.39. The molecule has 0 bridgehead atoms. The molecule has 1 saturated heterocycles. The zero-order valence-electron chi connectivity index (χ0n) is 16.9. The van der Waals surface area contributed by atoms with Crippen molar-refractivity contribution in [1.82, 2.24) is 24.7 Å². The van der Waals surface area contributed by atoms with Crippen LogP contribution in [0, 0.1) is 18.8 Å². The third-order valence-corrected chi connectivity index (χ3v) is 6.40. The number of H-pyrrole nitrogens is 1. The zero-order chi connectivity index (χ0) is 20.4. The van der Waals surface area contributed by atoms with E-state index in [2.05, 4.69) is 21.1 Å². The molecule has 30 heavy (non-hydrogen) atoms. The molecule has 1 aliphatic heterocycles. The van der Waals surface area contributed by atoms with Crippen LogP contribution in [-0.4, -0.2) is 30.6 Å². The number of carbonyl (C=O) groups is 1. The van der Waals surface area contributed by atoms with Crippen LogP contribution in [0.4, 0.5) is 5.69 Å². The van der Waals surface area contributed by atoms with Gasteiger partial charge in [0.2, 0.25) is 5.91 Å². The number of β-lactam (4-membered cyclic amide) rings is 1. The van der Waals surface area contributed by atoms with Gasteiger partial charge in [0.1, 0.15) is 0 Å². The van der Waals surface area contributed by atoms with Gasteiger partial charge < -0.3 is 9.88 Å². The van der Waals surface area contributed by atoms with Crippen LogP contribution in [0.1, 0.15) is 30.1 Å². The highest BCUT2D eigenvalue weighted by atomic mass is 16.2. The van der Waals surface area contributed by atoms with Gasteiger partial charge in [0.05, 0.1) is 41.2 Å². The number of benzene rings is 1. The van der Waals surface area contributed by atoms with Gasteiger partial charge in [-0.15, -0.1) is 0 Å². The van der Waals surface area contributed by atoms with Crippen LogP contribution in [0.25, 0.3) is 22.3 Å². The number of fused-ring (bicyclic) bond motifs is 1. The first kappa shape index (κ1) is 17.4. The summed E-state index contributed by atoms with van der Waals surface area (Å²) in [5, 5.41) is 4.25. The first-order valence-electron chi connectivity index (χ1n) is 10.3.